The molecule has 0 unspecified atom stereocenters. The normalized spacial score (nSPS) is 12.7. The molecule has 0 fully saturated rings. The quantitative estimate of drug-likeness (QED) is 0.736. The fourth-order valence-corrected chi connectivity index (χ4v) is 2.51. The summed E-state index contributed by atoms with van der Waals surface area (Å²) >= 11 is 0. The Morgan fingerprint density at radius 2 is 1.85 bits per heavy atom. The van der Waals surface area contributed by atoms with Crippen molar-refractivity contribution in [3.63, 3.8) is 0 Å². The van der Waals surface area contributed by atoms with E-state index in [-0.39, 0.29) is 17.2 Å². The molecule has 20 heavy (non-hydrogen) atoms. The zero-order valence-corrected chi connectivity index (χ0v) is 12.9. The third kappa shape index (κ3) is 5.55. The molecule has 0 aromatic heterocycles. The summed E-state index contributed by atoms with van der Waals surface area (Å²) in [4.78, 5) is 11.1. The van der Waals surface area contributed by atoms with Crippen LogP contribution in [0.15, 0.2) is 30.3 Å². The highest BCUT2D eigenvalue weighted by molar-refractivity contribution is 5.66. The standard InChI is InChI=1S/C17H23FO2/c1-13(19)20-17(4,5)12-16(2,3)11-10-14-8-6-7-9-15(14)18/h6-11H,12H2,1-5H3/b11-10+. The minimum absolute atomic E-state index is 0.207. The third-order valence-corrected chi connectivity index (χ3v) is 2.92. The lowest BCUT2D eigenvalue weighted by Gasteiger charge is -2.32. The molecule has 0 radical (unpaired) electrons. The number of rotatable bonds is 5. The van der Waals surface area contributed by atoms with Crippen LogP contribution in [0.5, 0.6) is 0 Å². The van der Waals surface area contributed by atoms with Gasteiger partial charge in [-0.15, -0.1) is 0 Å². The molecular weight excluding hydrogens is 255 g/mol. The SMILES string of the molecule is CC(=O)OC(C)(C)CC(C)(C)/C=C/c1ccccc1F. The zero-order chi connectivity index (χ0) is 15.4. The van der Waals surface area contributed by atoms with Crippen molar-refractivity contribution in [2.24, 2.45) is 5.41 Å². The second-order valence-electron chi connectivity index (χ2n) is 6.37. The fourth-order valence-electron chi connectivity index (χ4n) is 2.51. The Labute approximate surface area is 120 Å². The molecular formula is C17H23FO2. The number of carbonyl (C=O) groups is 1. The first kappa shape index (κ1) is 16.4. The van der Waals surface area contributed by atoms with Gasteiger partial charge in [-0.2, -0.15) is 0 Å². The lowest BCUT2D eigenvalue weighted by Crippen LogP contribution is -2.32. The molecule has 0 N–H and O–H groups in total. The smallest absolute Gasteiger partial charge is 0.303 e. The van der Waals surface area contributed by atoms with Crippen molar-refractivity contribution in [2.75, 3.05) is 0 Å². The number of allylic oxidation sites excluding steroid dienone is 1. The molecule has 1 rings (SSSR count). The van der Waals surface area contributed by atoms with Gasteiger partial charge in [-0.3, -0.25) is 4.79 Å². The van der Waals surface area contributed by atoms with Gasteiger partial charge in [0.1, 0.15) is 11.4 Å². The Kier molecular flexibility index (Phi) is 5.09. The summed E-state index contributed by atoms with van der Waals surface area (Å²) in [6, 6.07) is 6.65. The molecule has 3 heteroatoms. The molecule has 1 aromatic rings. The lowest BCUT2D eigenvalue weighted by molar-refractivity contribution is -0.155. The Bertz CT molecular complexity index is 501. The minimum atomic E-state index is -0.547. The number of ether oxygens (including phenoxy) is 1. The van der Waals surface area contributed by atoms with Crippen molar-refractivity contribution in [3.8, 4) is 0 Å². The van der Waals surface area contributed by atoms with Crippen LogP contribution in [-0.2, 0) is 9.53 Å². The summed E-state index contributed by atoms with van der Waals surface area (Å²) in [5, 5.41) is 0. The first-order valence-electron chi connectivity index (χ1n) is 6.75. The van der Waals surface area contributed by atoms with Crippen LogP contribution < -0.4 is 0 Å². The average Bonchev–Trinajstić information content (AvgIpc) is 2.24. The van der Waals surface area contributed by atoms with Crippen LogP contribution in [0.25, 0.3) is 6.08 Å². The number of carbonyl (C=O) groups excluding carboxylic acids is 1. The number of halogens is 1. The molecule has 0 saturated heterocycles. The summed E-state index contributed by atoms with van der Waals surface area (Å²) < 4.78 is 18.9. The van der Waals surface area contributed by atoms with E-state index in [4.69, 9.17) is 4.74 Å². The largest absolute Gasteiger partial charge is 0.460 e. The van der Waals surface area contributed by atoms with E-state index in [0.29, 0.717) is 12.0 Å². The number of hydrogen-bond acceptors (Lipinski definition) is 2. The molecule has 0 amide bonds. The predicted molar refractivity (Wildman–Crippen MR) is 79.7 cm³/mol. The summed E-state index contributed by atoms with van der Waals surface area (Å²) in [6.07, 6.45) is 4.39. The summed E-state index contributed by atoms with van der Waals surface area (Å²) in [5.74, 6) is -0.525. The average molecular weight is 278 g/mol. The number of hydrogen-bond donors (Lipinski definition) is 0. The molecule has 110 valence electrons. The minimum Gasteiger partial charge on any atom is -0.460 e. The highest BCUT2D eigenvalue weighted by Gasteiger charge is 2.29. The first-order chi connectivity index (χ1) is 9.11. The molecule has 0 atom stereocenters. The van der Waals surface area contributed by atoms with Crippen molar-refractivity contribution >= 4 is 12.0 Å². The second kappa shape index (κ2) is 6.21. The Hall–Kier alpha value is -1.64. The first-order valence-corrected chi connectivity index (χ1v) is 6.75. The van der Waals surface area contributed by atoms with Gasteiger partial charge in [-0.25, -0.2) is 4.39 Å². The molecule has 0 bridgehead atoms. The molecule has 2 nitrogen and oxygen atoms in total. The number of benzene rings is 1. The van der Waals surface area contributed by atoms with Crippen LogP contribution in [-0.4, -0.2) is 11.6 Å². The van der Waals surface area contributed by atoms with Crippen LogP contribution in [0, 0.1) is 11.2 Å². The van der Waals surface area contributed by atoms with Gasteiger partial charge in [0.2, 0.25) is 0 Å². The van der Waals surface area contributed by atoms with Crippen LogP contribution in [0.4, 0.5) is 4.39 Å². The zero-order valence-electron chi connectivity index (χ0n) is 12.9. The molecule has 0 spiro atoms. The van der Waals surface area contributed by atoms with E-state index in [1.807, 2.05) is 33.8 Å². The van der Waals surface area contributed by atoms with Crippen molar-refractivity contribution in [3.05, 3.63) is 41.7 Å². The van der Waals surface area contributed by atoms with Gasteiger partial charge in [0.25, 0.3) is 0 Å². The Morgan fingerprint density at radius 1 is 1.25 bits per heavy atom. The van der Waals surface area contributed by atoms with Crippen LogP contribution in [0.3, 0.4) is 0 Å². The molecule has 1 aromatic carbocycles. The van der Waals surface area contributed by atoms with E-state index in [1.54, 1.807) is 24.3 Å². The molecule has 0 heterocycles. The van der Waals surface area contributed by atoms with Crippen molar-refractivity contribution in [1.82, 2.24) is 0 Å². The molecule has 0 saturated carbocycles. The van der Waals surface area contributed by atoms with E-state index in [0.717, 1.165) is 0 Å². The van der Waals surface area contributed by atoms with Crippen molar-refractivity contribution in [1.29, 1.82) is 0 Å². The van der Waals surface area contributed by atoms with Crippen molar-refractivity contribution in [2.45, 2.75) is 46.6 Å². The molecule has 0 aliphatic carbocycles. The number of esters is 1. The van der Waals surface area contributed by atoms with Gasteiger partial charge in [-0.05, 0) is 31.7 Å². The third-order valence-electron chi connectivity index (χ3n) is 2.92. The van der Waals surface area contributed by atoms with E-state index in [9.17, 15) is 9.18 Å². The van der Waals surface area contributed by atoms with Crippen LogP contribution >= 0.6 is 0 Å². The highest BCUT2D eigenvalue weighted by atomic mass is 19.1. The summed E-state index contributed by atoms with van der Waals surface area (Å²) in [6.45, 7) is 9.25. The summed E-state index contributed by atoms with van der Waals surface area (Å²) in [7, 11) is 0. The Balaban J connectivity index is 2.79. The Morgan fingerprint density at radius 3 is 2.40 bits per heavy atom. The topological polar surface area (TPSA) is 26.3 Å². The summed E-state index contributed by atoms with van der Waals surface area (Å²) in [5.41, 5.74) is -0.193. The van der Waals surface area contributed by atoms with Gasteiger partial charge < -0.3 is 4.74 Å². The van der Waals surface area contributed by atoms with E-state index < -0.39 is 5.60 Å². The van der Waals surface area contributed by atoms with E-state index >= 15 is 0 Å². The monoisotopic (exact) mass is 278 g/mol. The van der Waals surface area contributed by atoms with E-state index in [1.165, 1.54) is 13.0 Å². The molecule has 0 aliphatic heterocycles. The van der Waals surface area contributed by atoms with Crippen LogP contribution in [0.2, 0.25) is 0 Å². The van der Waals surface area contributed by atoms with Gasteiger partial charge in [0, 0.05) is 12.5 Å². The second-order valence-corrected chi connectivity index (χ2v) is 6.37. The maximum absolute atomic E-state index is 13.6. The van der Waals surface area contributed by atoms with Crippen molar-refractivity contribution < 1.29 is 13.9 Å². The van der Waals surface area contributed by atoms with Crippen LogP contribution in [0.1, 0.15) is 46.6 Å². The molecule has 0 aliphatic rings. The lowest BCUT2D eigenvalue weighted by atomic mass is 9.81. The highest BCUT2D eigenvalue weighted by Crippen LogP contribution is 2.32. The van der Waals surface area contributed by atoms with E-state index in [2.05, 4.69) is 0 Å². The predicted octanol–water partition coefficient (Wildman–Crippen LogP) is 4.60. The van der Waals surface area contributed by atoms with Gasteiger partial charge in [0.15, 0.2) is 0 Å². The van der Waals surface area contributed by atoms with Gasteiger partial charge >= 0.3 is 5.97 Å². The van der Waals surface area contributed by atoms with Gasteiger partial charge in [-0.1, -0.05) is 44.2 Å². The maximum Gasteiger partial charge on any atom is 0.303 e. The maximum atomic E-state index is 13.6. The van der Waals surface area contributed by atoms with Gasteiger partial charge in [0.05, 0.1) is 0 Å². The fraction of sp³-hybridized carbons (Fsp3) is 0.471.